The lowest BCUT2D eigenvalue weighted by Gasteiger charge is -2.13. The Labute approximate surface area is 168 Å². The molecule has 0 spiro atoms. The second-order valence-corrected chi connectivity index (χ2v) is 6.44. The lowest BCUT2D eigenvalue weighted by Crippen LogP contribution is -2.17. The van der Waals surface area contributed by atoms with Gasteiger partial charge in [0, 0.05) is 37.2 Å². The molecule has 2 aromatic carbocycles. The first-order valence-electron chi connectivity index (χ1n) is 8.83. The molecular formula is C22H19N5O2. The number of nitrogens with one attached hydrogen (secondary N) is 2. The van der Waals surface area contributed by atoms with Gasteiger partial charge in [-0.2, -0.15) is 5.26 Å². The number of anilines is 3. The van der Waals surface area contributed by atoms with Crippen LogP contribution in [0.4, 0.5) is 17.1 Å². The highest BCUT2D eigenvalue weighted by Crippen LogP contribution is 2.17. The molecule has 1 heterocycles. The normalized spacial score (nSPS) is 9.97. The number of carbonyl (C=O) groups is 2. The highest BCUT2D eigenvalue weighted by atomic mass is 16.2. The molecule has 29 heavy (non-hydrogen) atoms. The van der Waals surface area contributed by atoms with Crippen molar-refractivity contribution in [3.05, 3.63) is 83.7 Å². The van der Waals surface area contributed by atoms with Gasteiger partial charge in [-0.1, -0.05) is 12.1 Å². The van der Waals surface area contributed by atoms with E-state index in [2.05, 4.69) is 15.6 Å². The van der Waals surface area contributed by atoms with Crippen molar-refractivity contribution in [3.63, 3.8) is 0 Å². The highest BCUT2D eigenvalue weighted by Gasteiger charge is 2.14. The van der Waals surface area contributed by atoms with Crippen LogP contribution in [0.2, 0.25) is 0 Å². The second kappa shape index (κ2) is 8.67. The Morgan fingerprint density at radius 1 is 0.966 bits per heavy atom. The molecule has 0 aliphatic rings. The van der Waals surface area contributed by atoms with Crippen LogP contribution in [-0.4, -0.2) is 30.9 Å². The number of aromatic nitrogens is 1. The number of nitrogens with zero attached hydrogens (tertiary/aromatic N) is 3. The molecule has 0 bridgehead atoms. The van der Waals surface area contributed by atoms with Crippen LogP contribution < -0.4 is 15.5 Å². The van der Waals surface area contributed by atoms with Crippen molar-refractivity contribution in [2.75, 3.05) is 29.6 Å². The van der Waals surface area contributed by atoms with Crippen molar-refractivity contribution in [2.45, 2.75) is 0 Å². The van der Waals surface area contributed by atoms with Crippen LogP contribution in [0.15, 0.2) is 66.9 Å². The van der Waals surface area contributed by atoms with E-state index >= 15 is 0 Å². The van der Waals surface area contributed by atoms with E-state index < -0.39 is 5.91 Å². The lowest BCUT2D eigenvalue weighted by atomic mass is 10.1. The van der Waals surface area contributed by atoms with Gasteiger partial charge >= 0.3 is 0 Å². The van der Waals surface area contributed by atoms with E-state index in [1.54, 1.807) is 36.4 Å². The summed E-state index contributed by atoms with van der Waals surface area (Å²) in [7, 11) is 3.87. The largest absolute Gasteiger partial charge is 0.378 e. The van der Waals surface area contributed by atoms with Gasteiger partial charge in [0.15, 0.2) is 0 Å². The van der Waals surface area contributed by atoms with Crippen LogP contribution in [0.3, 0.4) is 0 Å². The van der Waals surface area contributed by atoms with Crippen molar-refractivity contribution in [2.24, 2.45) is 0 Å². The maximum Gasteiger partial charge on any atom is 0.274 e. The highest BCUT2D eigenvalue weighted by molar-refractivity contribution is 6.08. The average molecular weight is 385 g/mol. The quantitative estimate of drug-likeness (QED) is 0.700. The number of benzene rings is 2. The summed E-state index contributed by atoms with van der Waals surface area (Å²) in [6, 6.07) is 19.0. The first-order chi connectivity index (χ1) is 14.0. The van der Waals surface area contributed by atoms with Crippen molar-refractivity contribution >= 4 is 28.9 Å². The molecule has 0 atom stereocenters. The minimum Gasteiger partial charge on any atom is -0.378 e. The molecule has 0 saturated carbocycles. The molecular weight excluding hydrogens is 366 g/mol. The van der Waals surface area contributed by atoms with E-state index in [1.165, 1.54) is 18.3 Å². The molecule has 0 radical (unpaired) electrons. The molecule has 0 fully saturated rings. The van der Waals surface area contributed by atoms with E-state index in [0.717, 1.165) is 5.69 Å². The summed E-state index contributed by atoms with van der Waals surface area (Å²) in [5.74, 6) is -0.853. The molecule has 0 aliphatic carbocycles. The first-order valence-corrected chi connectivity index (χ1v) is 8.83. The molecule has 7 heteroatoms. The van der Waals surface area contributed by atoms with Crippen LogP contribution in [-0.2, 0) is 0 Å². The molecule has 144 valence electrons. The smallest absolute Gasteiger partial charge is 0.274 e. The molecule has 2 N–H and O–H groups in total. The number of amides is 2. The molecule has 3 rings (SSSR count). The summed E-state index contributed by atoms with van der Waals surface area (Å²) >= 11 is 0. The van der Waals surface area contributed by atoms with Gasteiger partial charge < -0.3 is 15.5 Å². The maximum absolute atomic E-state index is 12.5. The minimum atomic E-state index is -0.502. The predicted octanol–water partition coefficient (Wildman–Crippen LogP) is 3.52. The van der Waals surface area contributed by atoms with Gasteiger partial charge in [0.2, 0.25) is 0 Å². The fourth-order valence-corrected chi connectivity index (χ4v) is 2.62. The Hall–Kier alpha value is -4.18. The fraction of sp³-hybridized carbons (Fsp3) is 0.0909. The zero-order chi connectivity index (χ0) is 20.8. The van der Waals surface area contributed by atoms with Crippen LogP contribution in [0, 0.1) is 11.3 Å². The van der Waals surface area contributed by atoms with Gasteiger partial charge in [0.1, 0.15) is 11.8 Å². The molecule has 3 aromatic rings. The maximum atomic E-state index is 12.5. The van der Waals surface area contributed by atoms with Gasteiger partial charge in [-0.05, 0) is 48.5 Å². The van der Waals surface area contributed by atoms with E-state index in [4.69, 9.17) is 5.26 Å². The van der Waals surface area contributed by atoms with Crippen molar-refractivity contribution in [1.29, 1.82) is 5.26 Å². The van der Waals surface area contributed by atoms with Crippen molar-refractivity contribution in [1.82, 2.24) is 4.98 Å². The number of para-hydroxylation sites is 1. The topological polar surface area (TPSA) is 98.1 Å². The molecule has 1 aromatic heterocycles. The monoisotopic (exact) mass is 385 g/mol. The van der Waals surface area contributed by atoms with Gasteiger partial charge in [0.05, 0.1) is 11.3 Å². The zero-order valence-electron chi connectivity index (χ0n) is 16.0. The Bertz CT molecular complexity index is 1080. The number of nitriles is 1. The summed E-state index contributed by atoms with van der Waals surface area (Å²) in [6.07, 6.45) is 1.40. The van der Waals surface area contributed by atoms with Crippen LogP contribution in [0.1, 0.15) is 26.4 Å². The molecule has 0 saturated heterocycles. The van der Waals surface area contributed by atoms with Gasteiger partial charge in [-0.25, -0.2) is 0 Å². The molecule has 0 unspecified atom stereocenters. The predicted molar refractivity (Wildman–Crippen MR) is 112 cm³/mol. The SMILES string of the molecule is CN(C)c1ccc(NC(=O)c2ccnc(C(=O)Nc3ccccc3C#N)c2)cc1. The van der Waals surface area contributed by atoms with E-state index in [1.807, 2.05) is 37.2 Å². The number of rotatable bonds is 5. The first kappa shape index (κ1) is 19.6. The van der Waals surface area contributed by atoms with Crippen LogP contribution in [0.5, 0.6) is 0 Å². The standard InChI is InChI=1S/C22H19N5O2/c1-27(2)18-9-7-17(8-10-18)25-21(28)15-11-12-24-20(13-15)22(29)26-19-6-4-3-5-16(19)14-23/h3-13H,1-2H3,(H,25,28)(H,26,29). The summed E-state index contributed by atoms with van der Waals surface area (Å²) < 4.78 is 0. The Morgan fingerprint density at radius 3 is 2.38 bits per heavy atom. The van der Waals surface area contributed by atoms with E-state index in [0.29, 0.717) is 22.5 Å². The average Bonchev–Trinajstić information content (AvgIpc) is 2.74. The van der Waals surface area contributed by atoms with Crippen molar-refractivity contribution in [3.8, 4) is 6.07 Å². The fourth-order valence-electron chi connectivity index (χ4n) is 2.62. The van der Waals surface area contributed by atoms with E-state index in [9.17, 15) is 9.59 Å². The van der Waals surface area contributed by atoms with Gasteiger partial charge in [-0.15, -0.1) is 0 Å². The van der Waals surface area contributed by atoms with Gasteiger partial charge in [0.25, 0.3) is 11.8 Å². The summed E-state index contributed by atoms with van der Waals surface area (Å²) in [4.78, 5) is 31.0. The molecule has 7 nitrogen and oxygen atoms in total. The van der Waals surface area contributed by atoms with Crippen molar-refractivity contribution < 1.29 is 9.59 Å². The number of hydrogen-bond acceptors (Lipinski definition) is 5. The third-order valence-corrected chi connectivity index (χ3v) is 4.19. The zero-order valence-corrected chi connectivity index (χ0v) is 16.0. The molecule has 0 aliphatic heterocycles. The Morgan fingerprint density at radius 2 is 1.69 bits per heavy atom. The summed E-state index contributed by atoms with van der Waals surface area (Å²) in [5, 5.41) is 14.6. The summed E-state index contributed by atoms with van der Waals surface area (Å²) in [6.45, 7) is 0. The third-order valence-electron chi connectivity index (χ3n) is 4.19. The lowest BCUT2D eigenvalue weighted by molar-refractivity contribution is 0.102. The van der Waals surface area contributed by atoms with Gasteiger partial charge in [-0.3, -0.25) is 14.6 Å². The molecule has 2 amide bonds. The van der Waals surface area contributed by atoms with Crippen LogP contribution in [0.25, 0.3) is 0 Å². The van der Waals surface area contributed by atoms with E-state index in [-0.39, 0.29) is 11.6 Å². The number of hydrogen-bond donors (Lipinski definition) is 2. The number of carbonyl (C=O) groups excluding carboxylic acids is 2. The second-order valence-electron chi connectivity index (χ2n) is 6.44. The number of pyridine rings is 1. The summed E-state index contributed by atoms with van der Waals surface area (Å²) in [5.41, 5.74) is 2.77. The Balaban J connectivity index is 1.73. The Kier molecular flexibility index (Phi) is 5.85. The third kappa shape index (κ3) is 4.76. The van der Waals surface area contributed by atoms with Crippen LogP contribution >= 0.6 is 0 Å². The minimum absolute atomic E-state index is 0.0772.